The molecule has 21 heavy (non-hydrogen) atoms. The van der Waals surface area contributed by atoms with Crippen LogP contribution in [-0.4, -0.2) is 27.6 Å². The van der Waals surface area contributed by atoms with Gasteiger partial charge in [-0.1, -0.05) is 23.7 Å². The van der Waals surface area contributed by atoms with Crippen molar-refractivity contribution in [3.05, 3.63) is 53.3 Å². The van der Waals surface area contributed by atoms with Crippen LogP contribution < -0.4 is 4.74 Å². The molecule has 0 atom stereocenters. The van der Waals surface area contributed by atoms with Gasteiger partial charge in [-0.3, -0.25) is 4.40 Å². The van der Waals surface area contributed by atoms with E-state index in [4.69, 9.17) is 16.3 Å². The third-order valence-electron chi connectivity index (χ3n) is 3.20. The van der Waals surface area contributed by atoms with Gasteiger partial charge >= 0.3 is 5.97 Å². The van der Waals surface area contributed by atoms with Crippen molar-refractivity contribution in [3.63, 3.8) is 0 Å². The summed E-state index contributed by atoms with van der Waals surface area (Å²) >= 11 is 6.14. The number of carboxylic acid groups (broad SMARTS) is 1. The van der Waals surface area contributed by atoms with E-state index in [0.717, 1.165) is 5.56 Å². The molecule has 0 aliphatic rings. The van der Waals surface area contributed by atoms with E-state index < -0.39 is 5.97 Å². The Morgan fingerprint density at radius 2 is 2.05 bits per heavy atom. The van der Waals surface area contributed by atoms with Crippen molar-refractivity contribution in [1.82, 2.24) is 9.38 Å². The first-order chi connectivity index (χ1) is 10.1. The molecule has 1 N–H and O–H groups in total. The molecule has 0 amide bonds. The molecule has 2 aromatic heterocycles. The summed E-state index contributed by atoms with van der Waals surface area (Å²) in [5.41, 5.74) is 1.22. The summed E-state index contributed by atoms with van der Waals surface area (Å²) in [5.74, 6) is 0.131. The Hall–Kier alpha value is -2.53. The lowest BCUT2D eigenvalue weighted by Gasteiger charge is -2.07. The maximum absolute atomic E-state index is 11.3. The van der Waals surface area contributed by atoms with Crippen LogP contribution in [0.2, 0.25) is 5.15 Å². The molecule has 0 saturated heterocycles. The van der Waals surface area contributed by atoms with E-state index in [1.807, 2.05) is 24.3 Å². The quantitative estimate of drug-likeness (QED) is 0.805. The lowest BCUT2D eigenvalue weighted by atomic mass is 10.2. The van der Waals surface area contributed by atoms with Crippen LogP contribution in [0.25, 0.3) is 16.9 Å². The number of hydrogen-bond donors (Lipinski definition) is 1. The molecule has 0 aliphatic carbocycles. The van der Waals surface area contributed by atoms with Crippen molar-refractivity contribution in [1.29, 1.82) is 0 Å². The monoisotopic (exact) mass is 302 g/mol. The molecule has 0 spiro atoms. The number of carbonyl (C=O) groups is 1. The zero-order valence-electron chi connectivity index (χ0n) is 11.1. The fourth-order valence-corrected chi connectivity index (χ4v) is 2.56. The molecular weight excluding hydrogens is 292 g/mol. The van der Waals surface area contributed by atoms with Gasteiger partial charge < -0.3 is 9.84 Å². The number of hydrogen-bond acceptors (Lipinski definition) is 3. The number of methoxy groups -OCH3 is 1. The summed E-state index contributed by atoms with van der Waals surface area (Å²) in [5, 5.41) is 9.41. The second-order valence-electron chi connectivity index (χ2n) is 4.37. The van der Waals surface area contributed by atoms with Crippen LogP contribution >= 0.6 is 11.6 Å². The number of benzene rings is 1. The van der Waals surface area contributed by atoms with Gasteiger partial charge in [0.25, 0.3) is 0 Å². The largest absolute Gasteiger partial charge is 0.496 e. The molecule has 0 aliphatic heterocycles. The molecule has 2 heterocycles. The van der Waals surface area contributed by atoms with Crippen LogP contribution in [0.15, 0.2) is 42.6 Å². The van der Waals surface area contributed by atoms with Crippen LogP contribution in [0.4, 0.5) is 0 Å². The van der Waals surface area contributed by atoms with Gasteiger partial charge in [0.1, 0.15) is 11.6 Å². The Balaban J connectivity index is 2.35. The first-order valence-corrected chi connectivity index (χ1v) is 6.54. The first kappa shape index (κ1) is 13.5. The second-order valence-corrected chi connectivity index (χ2v) is 4.73. The third kappa shape index (κ3) is 2.11. The number of rotatable bonds is 3. The highest BCUT2D eigenvalue weighted by atomic mass is 35.5. The number of halogens is 1. The standard InChI is InChI=1S/C15H11ClN2O3/c1-21-11-7-3-2-5-9(11)14-17-13(16)12-10(15(19)20)6-4-8-18(12)14/h2-8H,1H3,(H,19,20). The topological polar surface area (TPSA) is 63.8 Å². The molecule has 0 saturated carbocycles. The number of nitrogens with zero attached hydrogens (tertiary/aromatic N) is 2. The highest BCUT2D eigenvalue weighted by molar-refractivity contribution is 6.33. The lowest BCUT2D eigenvalue weighted by Crippen LogP contribution is -2.00. The highest BCUT2D eigenvalue weighted by Crippen LogP contribution is 2.33. The van der Waals surface area contributed by atoms with E-state index in [0.29, 0.717) is 17.1 Å². The van der Waals surface area contributed by atoms with Crippen LogP contribution in [0.1, 0.15) is 10.4 Å². The van der Waals surface area contributed by atoms with Gasteiger partial charge in [0, 0.05) is 6.20 Å². The summed E-state index contributed by atoms with van der Waals surface area (Å²) in [6.07, 6.45) is 1.72. The minimum Gasteiger partial charge on any atom is -0.496 e. The van der Waals surface area contributed by atoms with Crippen molar-refractivity contribution >= 4 is 23.1 Å². The van der Waals surface area contributed by atoms with Gasteiger partial charge in [0.15, 0.2) is 5.15 Å². The first-order valence-electron chi connectivity index (χ1n) is 6.16. The molecule has 0 fully saturated rings. The summed E-state index contributed by atoms with van der Waals surface area (Å²) in [4.78, 5) is 15.6. The number of aromatic nitrogens is 2. The maximum Gasteiger partial charge on any atom is 0.337 e. The molecule has 6 heteroatoms. The average Bonchev–Trinajstić information content (AvgIpc) is 2.84. The van der Waals surface area contributed by atoms with E-state index in [-0.39, 0.29) is 10.7 Å². The number of pyridine rings is 1. The number of carboxylic acids is 1. The minimum absolute atomic E-state index is 0.108. The Bertz CT molecular complexity index is 842. The molecule has 5 nitrogen and oxygen atoms in total. The molecular formula is C15H11ClN2O3. The van der Waals surface area contributed by atoms with E-state index in [1.165, 1.54) is 6.07 Å². The SMILES string of the molecule is COc1ccccc1-c1nc(Cl)c2c(C(=O)O)cccn12. The fourth-order valence-electron chi connectivity index (χ4n) is 2.29. The average molecular weight is 303 g/mol. The Labute approximate surface area is 125 Å². The molecule has 3 aromatic rings. The van der Waals surface area contributed by atoms with E-state index >= 15 is 0 Å². The fraction of sp³-hybridized carbons (Fsp3) is 0.0667. The summed E-state index contributed by atoms with van der Waals surface area (Å²) in [6, 6.07) is 10.5. The maximum atomic E-state index is 11.3. The van der Waals surface area contributed by atoms with Crippen molar-refractivity contribution in [2.75, 3.05) is 7.11 Å². The molecule has 1 aromatic carbocycles. The van der Waals surface area contributed by atoms with Gasteiger partial charge in [-0.15, -0.1) is 0 Å². The smallest absolute Gasteiger partial charge is 0.337 e. The Morgan fingerprint density at radius 1 is 1.29 bits per heavy atom. The van der Waals surface area contributed by atoms with Crippen molar-refractivity contribution in [3.8, 4) is 17.1 Å². The number of aromatic carboxylic acids is 1. The Kier molecular flexibility index (Phi) is 3.27. The normalized spacial score (nSPS) is 10.8. The van der Waals surface area contributed by atoms with Crippen molar-refractivity contribution in [2.24, 2.45) is 0 Å². The van der Waals surface area contributed by atoms with E-state index in [9.17, 15) is 9.90 Å². The van der Waals surface area contributed by atoms with E-state index in [2.05, 4.69) is 4.98 Å². The van der Waals surface area contributed by atoms with Gasteiger partial charge in [-0.2, -0.15) is 0 Å². The molecule has 3 rings (SSSR count). The van der Waals surface area contributed by atoms with E-state index in [1.54, 1.807) is 23.8 Å². The summed E-state index contributed by atoms with van der Waals surface area (Å²) < 4.78 is 6.98. The summed E-state index contributed by atoms with van der Waals surface area (Å²) in [7, 11) is 1.57. The minimum atomic E-state index is -1.05. The van der Waals surface area contributed by atoms with Crippen molar-refractivity contribution in [2.45, 2.75) is 0 Å². The molecule has 0 radical (unpaired) electrons. The lowest BCUT2D eigenvalue weighted by molar-refractivity contribution is 0.0698. The van der Waals surface area contributed by atoms with Crippen LogP contribution in [-0.2, 0) is 0 Å². The van der Waals surface area contributed by atoms with Crippen LogP contribution in [0.3, 0.4) is 0 Å². The third-order valence-corrected chi connectivity index (χ3v) is 3.46. The predicted octanol–water partition coefficient (Wildman–Crippen LogP) is 3.36. The van der Waals surface area contributed by atoms with Gasteiger partial charge in [0.2, 0.25) is 0 Å². The van der Waals surface area contributed by atoms with Crippen molar-refractivity contribution < 1.29 is 14.6 Å². The van der Waals surface area contributed by atoms with Crippen LogP contribution in [0, 0.1) is 0 Å². The second kappa shape index (κ2) is 5.10. The number of para-hydroxylation sites is 1. The molecule has 0 bridgehead atoms. The predicted molar refractivity (Wildman–Crippen MR) is 79.1 cm³/mol. The van der Waals surface area contributed by atoms with Gasteiger partial charge in [-0.05, 0) is 24.3 Å². The summed E-state index contributed by atoms with van der Waals surface area (Å²) in [6.45, 7) is 0. The molecule has 0 unspecified atom stereocenters. The number of imidazole rings is 1. The number of ether oxygens (including phenoxy) is 1. The van der Waals surface area contributed by atoms with Gasteiger partial charge in [0.05, 0.1) is 23.8 Å². The zero-order valence-corrected chi connectivity index (χ0v) is 11.8. The van der Waals surface area contributed by atoms with Gasteiger partial charge in [-0.25, -0.2) is 9.78 Å². The number of fused-ring (bicyclic) bond motifs is 1. The highest BCUT2D eigenvalue weighted by Gasteiger charge is 2.19. The zero-order chi connectivity index (χ0) is 15.0. The van der Waals surface area contributed by atoms with Crippen LogP contribution in [0.5, 0.6) is 5.75 Å². The Morgan fingerprint density at radius 3 is 2.76 bits per heavy atom. The molecule has 106 valence electrons.